The number of fused-ring (bicyclic) bond motifs is 4. The summed E-state index contributed by atoms with van der Waals surface area (Å²) in [6, 6.07) is 5.56. The molecule has 0 saturated heterocycles. The van der Waals surface area contributed by atoms with Crippen molar-refractivity contribution in [3.63, 3.8) is 0 Å². The van der Waals surface area contributed by atoms with Crippen molar-refractivity contribution in [1.29, 1.82) is 0 Å². The predicted molar refractivity (Wildman–Crippen MR) is 84.5 cm³/mol. The van der Waals surface area contributed by atoms with Gasteiger partial charge >= 0.3 is 5.97 Å². The first-order valence-electron chi connectivity index (χ1n) is 8.52. The molecule has 6 nitrogen and oxygen atoms in total. The molecule has 128 valence electrons. The third-order valence-corrected chi connectivity index (χ3v) is 5.71. The molecule has 0 unspecified atom stereocenters. The highest BCUT2D eigenvalue weighted by molar-refractivity contribution is 5.85. The van der Waals surface area contributed by atoms with Crippen LogP contribution in [-0.2, 0) is 16.1 Å². The summed E-state index contributed by atoms with van der Waals surface area (Å²) in [5, 5.41) is 12.5. The van der Waals surface area contributed by atoms with E-state index < -0.39 is 17.8 Å². The Bertz CT molecular complexity index is 665. The fourth-order valence-corrected chi connectivity index (χ4v) is 4.54. The van der Waals surface area contributed by atoms with E-state index in [2.05, 4.69) is 5.32 Å². The first-order chi connectivity index (χ1) is 11.6. The van der Waals surface area contributed by atoms with Gasteiger partial charge in [-0.15, -0.1) is 0 Å². The minimum Gasteiger partial charge on any atom is -0.481 e. The first kappa shape index (κ1) is 15.3. The molecule has 4 aliphatic rings. The van der Waals surface area contributed by atoms with Crippen molar-refractivity contribution in [3.05, 3.63) is 23.8 Å². The van der Waals surface area contributed by atoms with Crippen molar-refractivity contribution in [3.8, 4) is 11.5 Å². The van der Waals surface area contributed by atoms with Gasteiger partial charge in [0.1, 0.15) is 0 Å². The Kier molecular flexibility index (Phi) is 3.82. The zero-order chi connectivity index (χ0) is 16.7. The van der Waals surface area contributed by atoms with Crippen LogP contribution in [0.3, 0.4) is 0 Å². The molecule has 1 aliphatic heterocycles. The second-order valence-corrected chi connectivity index (χ2v) is 6.97. The van der Waals surface area contributed by atoms with E-state index in [1.165, 1.54) is 0 Å². The standard InChI is InChI=1S/C18H21NO5/c20-17(15-11-2-4-12(5-3-11)16(15)18(21)22)19-8-10-1-6-13-14(7-10)24-9-23-13/h1,6-7,11-12,15-16H,2-5,8-9H2,(H,19,20)(H,21,22)/t11?,12?,15-,16-/m1/s1. The van der Waals surface area contributed by atoms with Crippen LogP contribution in [0.2, 0.25) is 0 Å². The molecule has 24 heavy (non-hydrogen) atoms. The topological polar surface area (TPSA) is 84.9 Å². The summed E-state index contributed by atoms with van der Waals surface area (Å²) in [5.41, 5.74) is 0.917. The second-order valence-electron chi connectivity index (χ2n) is 6.97. The van der Waals surface area contributed by atoms with Gasteiger partial charge in [0.05, 0.1) is 11.8 Å². The number of carbonyl (C=O) groups excluding carboxylic acids is 1. The maximum absolute atomic E-state index is 12.7. The average Bonchev–Trinajstić information content (AvgIpc) is 3.07. The molecule has 1 amide bonds. The van der Waals surface area contributed by atoms with E-state index in [0.717, 1.165) is 31.2 Å². The van der Waals surface area contributed by atoms with Crippen molar-refractivity contribution in [2.75, 3.05) is 6.79 Å². The Morgan fingerprint density at radius 2 is 1.71 bits per heavy atom. The second kappa shape index (κ2) is 6.00. The lowest BCUT2D eigenvalue weighted by Gasteiger charge is -2.45. The number of aliphatic carboxylic acids is 1. The Balaban J connectivity index is 1.44. The third kappa shape index (κ3) is 2.60. The number of benzene rings is 1. The van der Waals surface area contributed by atoms with Crippen LogP contribution in [0.25, 0.3) is 0 Å². The molecule has 2 N–H and O–H groups in total. The van der Waals surface area contributed by atoms with E-state index in [9.17, 15) is 14.7 Å². The number of rotatable bonds is 4. The molecule has 3 fully saturated rings. The third-order valence-electron chi connectivity index (χ3n) is 5.71. The number of ether oxygens (including phenoxy) is 2. The van der Waals surface area contributed by atoms with E-state index in [-0.39, 0.29) is 24.5 Å². The number of hydrogen-bond donors (Lipinski definition) is 2. The van der Waals surface area contributed by atoms with Crippen LogP contribution in [0.5, 0.6) is 11.5 Å². The number of hydrogen-bond acceptors (Lipinski definition) is 4. The number of carboxylic acids is 1. The summed E-state index contributed by atoms with van der Waals surface area (Å²) in [5.74, 6) is -0.149. The van der Waals surface area contributed by atoms with Gasteiger partial charge in [-0.3, -0.25) is 9.59 Å². The van der Waals surface area contributed by atoms with E-state index >= 15 is 0 Å². The average molecular weight is 331 g/mol. The highest BCUT2D eigenvalue weighted by atomic mass is 16.7. The van der Waals surface area contributed by atoms with Gasteiger partial charge in [0, 0.05) is 6.54 Å². The minimum absolute atomic E-state index is 0.130. The van der Waals surface area contributed by atoms with E-state index in [4.69, 9.17) is 9.47 Å². The molecular weight excluding hydrogens is 310 g/mol. The lowest BCUT2D eigenvalue weighted by atomic mass is 9.58. The molecule has 0 spiro atoms. The zero-order valence-electron chi connectivity index (χ0n) is 13.4. The van der Waals surface area contributed by atoms with E-state index in [1.807, 2.05) is 18.2 Å². The van der Waals surface area contributed by atoms with Crippen molar-refractivity contribution in [1.82, 2.24) is 5.32 Å². The van der Waals surface area contributed by atoms with Crippen molar-refractivity contribution < 1.29 is 24.2 Å². The summed E-state index contributed by atoms with van der Waals surface area (Å²) < 4.78 is 10.6. The largest absolute Gasteiger partial charge is 0.481 e. The Morgan fingerprint density at radius 3 is 2.42 bits per heavy atom. The molecular formula is C18H21NO5. The zero-order valence-corrected chi connectivity index (χ0v) is 13.4. The lowest BCUT2D eigenvalue weighted by Crippen LogP contribution is -2.50. The molecule has 0 aromatic heterocycles. The maximum atomic E-state index is 12.7. The smallest absolute Gasteiger partial charge is 0.307 e. The molecule has 0 radical (unpaired) electrons. The fourth-order valence-electron chi connectivity index (χ4n) is 4.54. The Labute approximate surface area is 140 Å². The fraction of sp³-hybridized carbons (Fsp3) is 0.556. The monoisotopic (exact) mass is 331 g/mol. The van der Waals surface area contributed by atoms with Gasteiger partial charge in [0.25, 0.3) is 0 Å². The number of carbonyl (C=O) groups is 2. The highest BCUT2D eigenvalue weighted by Gasteiger charge is 2.50. The van der Waals surface area contributed by atoms with Crippen LogP contribution in [0.4, 0.5) is 0 Å². The summed E-state index contributed by atoms with van der Waals surface area (Å²) >= 11 is 0. The van der Waals surface area contributed by atoms with E-state index in [1.54, 1.807) is 0 Å². The molecule has 1 heterocycles. The molecule has 1 aromatic rings. The van der Waals surface area contributed by atoms with Crippen molar-refractivity contribution >= 4 is 11.9 Å². The number of nitrogens with one attached hydrogen (secondary N) is 1. The number of carboxylic acid groups (broad SMARTS) is 1. The van der Waals surface area contributed by atoms with Crippen LogP contribution >= 0.6 is 0 Å². The van der Waals surface area contributed by atoms with Crippen LogP contribution in [0.1, 0.15) is 31.2 Å². The SMILES string of the molecule is O=C(O)[C@@H]1C2CCC(CC2)[C@H]1C(=O)NCc1ccc2c(c1)OCO2. The molecule has 2 atom stereocenters. The van der Waals surface area contributed by atoms with Gasteiger partial charge in [0.2, 0.25) is 12.7 Å². The first-order valence-corrected chi connectivity index (χ1v) is 8.52. The predicted octanol–water partition coefficient (Wildman–Crippen LogP) is 2.17. The van der Waals surface area contributed by atoms with Crippen LogP contribution < -0.4 is 14.8 Å². The summed E-state index contributed by atoms with van der Waals surface area (Å²) in [6.07, 6.45) is 3.81. The van der Waals surface area contributed by atoms with Gasteiger partial charge in [-0.05, 0) is 55.2 Å². The van der Waals surface area contributed by atoms with Crippen molar-refractivity contribution in [2.24, 2.45) is 23.7 Å². The van der Waals surface area contributed by atoms with Crippen LogP contribution in [-0.4, -0.2) is 23.8 Å². The quantitative estimate of drug-likeness (QED) is 0.883. The van der Waals surface area contributed by atoms with Gasteiger partial charge in [0.15, 0.2) is 11.5 Å². The van der Waals surface area contributed by atoms with Crippen molar-refractivity contribution in [2.45, 2.75) is 32.2 Å². The van der Waals surface area contributed by atoms with E-state index in [0.29, 0.717) is 18.0 Å². The van der Waals surface area contributed by atoms with Gasteiger partial charge < -0.3 is 19.9 Å². The minimum atomic E-state index is -0.826. The Hall–Kier alpha value is -2.24. The maximum Gasteiger partial charge on any atom is 0.307 e. The van der Waals surface area contributed by atoms with Gasteiger partial charge in [-0.25, -0.2) is 0 Å². The molecule has 6 heteroatoms. The van der Waals surface area contributed by atoms with Crippen LogP contribution in [0, 0.1) is 23.7 Å². The summed E-state index contributed by atoms with van der Waals surface area (Å²) in [4.78, 5) is 24.3. The normalized spacial score (nSPS) is 30.2. The van der Waals surface area contributed by atoms with Crippen LogP contribution in [0.15, 0.2) is 18.2 Å². The lowest BCUT2D eigenvalue weighted by molar-refractivity contribution is -0.158. The molecule has 5 rings (SSSR count). The summed E-state index contributed by atoms with van der Waals surface area (Å²) in [6.45, 7) is 0.590. The molecule has 2 bridgehead atoms. The number of amides is 1. The Morgan fingerprint density at radius 1 is 1.04 bits per heavy atom. The molecule has 3 saturated carbocycles. The molecule has 3 aliphatic carbocycles. The summed E-state index contributed by atoms with van der Waals surface area (Å²) in [7, 11) is 0. The highest BCUT2D eigenvalue weighted by Crippen LogP contribution is 2.49. The molecule has 1 aromatic carbocycles. The van der Waals surface area contributed by atoms with Gasteiger partial charge in [-0.2, -0.15) is 0 Å². The van der Waals surface area contributed by atoms with Gasteiger partial charge in [-0.1, -0.05) is 6.07 Å².